The lowest BCUT2D eigenvalue weighted by molar-refractivity contribution is -0.0545. The standard InChI is InChI=1S/C7H18O4Si/c1-12(2,3)7(11)6(10)5(9)4-8/h5-11H,4H2,1-3H3/t5-,6-,7?/m1/s1. The maximum atomic E-state index is 9.50. The van der Waals surface area contributed by atoms with E-state index < -0.39 is 32.6 Å². The first-order valence-electron chi connectivity index (χ1n) is 3.95. The lowest BCUT2D eigenvalue weighted by Gasteiger charge is -2.30. The average Bonchev–Trinajstić information content (AvgIpc) is 1.98. The molecule has 0 aliphatic carbocycles. The van der Waals surface area contributed by atoms with Crippen LogP contribution in [0.3, 0.4) is 0 Å². The molecule has 3 atom stereocenters. The zero-order chi connectivity index (χ0) is 9.94. The monoisotopic (exact) mass is 194 g/mol. The number of aliphatic hydroxyl groups excluding tert-OH is 4. The van der Waals surface area contributed by atoms with Crippen LogP contribution in [-0.4, -0.2) is 53.0 Å². The molecule has 0 amide bonds. The number of hydrogen-bond donors (Lipinski definition) is 4. The Morgan fingerprint density at radius 3 is 1.75 bits per heavy atom. The van der Waals surface area contributed by atoms with Crippen LogP contribution in [0.5, 0.6) is 0 Å². The van der Waals surface area contributed by atoms with Crippen molar-refractivity contribution in [1.82, 2.24) is 0 Å². The molecule has 4 N–H and O–H groups in total. The number of rotatable bonds is 4. The summed E-state index contributed by atoms with van der Waals surface area (Å²) >= 11 is 0. The molecule has 0 aromatic rings. The summed E-state index contributed by atoms with van der Waals surface area (Å²) in [4.78, 5) is 0. The summed E-state index contributed by atoms with van der Waals surface area (Å²) in [6.45, 7) is 5.11. The lowest BCUT2D eigenvalue weighted by atomic mass is 10.2. The van der Waals surface area contributed by atoms with Crippen LogP contribution in [0.1, 0.15) is 0 Å². The van der Waals surface area contributed by atoms with Crippen molar-refractivity contribution in [2.75, 3.05) is 6.61 Å². The summed E-state index contributed by atoms with van der Waals surface area (Å²) in [5.74, 6) is 0. The van der Waals surface area contributed by atoms with E-state index in [4.69, 9.17) is 10.2 Å². The molecule has 0 radical (unpaired) electrons. The van der Waals surface area contributed by atoms with Crippen LogP contribution in [0.2, 0.25) is 19.6 Å². The zero-order valence-corrected chi connectivity index (χ0v) is 8.73. The minimum Gasteiger partial charge on any atom is -0.394 e. The molecule has 0 heterocycles. The highest BCUT2D eigenvalue weighted by Gasteiger charge is 2.34. The van der Waals surface area contributed by atoms with E-state index in [0.29, 0.717) is 0 Å². The van der Waals surface area contributed by atoms with Gasteiger partial charge in [0.2, 0.25) is 0 Å². The molecule has 0 spiro atoms. The molecule has 5 heteroatoms. The fourth-order valence-electron chi connectivity index (χ4n) is 0.831. The topological polar surface area (TPSA) is 80.9 Å². The van der Waals surface area contributed by atoms with Crippen LogP contribution in [0, 0.1) is 0 Å². The van der Waals surface area contributed by atoms with E-state index in [1.54, 1.807) is 0 Å². The Hall–Kier alpha value is 0.0569. The van der Waals surface area contributed by atoms with Crippen LogP contribution in [-0.2, 0) is 0 Å². The van der Waals surface area contributed by atoms with Gasteiger partial charge in [0.1, 0.15) is 12.2 Å². The van der Waals surface area contributed by atoms with Gasteiger partial charge in [-0.05, 0) is 0 Å². The van der Waals surface area contributed by atoms with Crippen LogP contribution >= 0.6 is 0 Å². The van der Waals surface area contributed by atoms with Crippen molar-refractivity contribution in [3.05, 3.63) is 0 Å². The minimum atomic E-state index is -1.87. The predicted octanol–water partition coefficient (Wildman–Crippen LogP) is -1.06. The predicted molar refractivity (Wildman–Crippen MR) is 48.5 cm³/mol. The van der Waals surface area contributed by atoms with Gasteiger partial charge in [0.25, 0.3) is 0 Å². The maximum absolute atomic E-state index is 9.50. The van der Waals surface area contributed by atoms with Crippen molar-refractivity contribution < 1.29 is 20.4 Å². The Kier molecular flexibility index (Phi) is 4.36. The lowest BCUT2D eigenvalue weighted by Crippen LogP contribution is -2.52. The third kappa shape index (κ3) is 3.20. The molecule has 0 bridgehead atoms. The summed E-state index contributed by atoms with van der Waals surface area (Å²) in [5, 5.41) is 36.3. The second-order valence-electron chi connectivity index (χ2n) is 4.05. The van der Waals surface area contributed by atoms with Crippen LogP contribution in [0.15, 0.2) is 0 Å². The Balaban J connectivity index is 4.19. The molecule has 0 saturated carbocycles. The van der Waals surface area contributed by atoms with Gasteiger partial charge in [-0.3, -0.25) is 0 Å². The summed E-state index contributed by atoms with van der Waals surface area (Å²) in [6, 6.07) is 0. The molecular formula is C7H18O4Si. The third-order valence-corrected chi connectivity index (χ3v) is 3.91. The summed E-state index contributed by atoms with van der Waals surface area (Å²) < 4.78 is 0. The first-order valence-corrected chi connectivity index (χ1v) is 7.53. The second kappa shape index (κ2) is 4.34. The van der Waals surface area contributed by atoms with Crippen molar-refractivity contribution in [2.24, 2.45) is 0 Å². The van der Waals surface area contributed by atoms with Crippen molar-refractivity contribution >= 4 is 8.07 Å². The highest BCUT2D eigenvalue weighted by atomic mass is 28.3. The van der Waals surface area contributed by atoms with Gasteiger partial charge >= 0.3 is 0 Å². The van der Waals surface area contributed by atoms with Gasteiger partial charge in [0, 0.05) is 0 Å². The van der Waals surface area contributed by atoms with Gasteiger partial charge in [-0.15, -0.1) is 0 Å². The smallest absolute Gasteiger partial charge is 0.105 e. The molecule has 4 nitrogen and oxygen atoms in total. The molecule has 74 valence electrons. The minimum absolute atomic E-state index is 0.525. The van der Waals surface area contributed by atoms with Gasteiger partial charge in [-0.1, -0.05) is 19.6 Å². The Labute approximate surface area is 73.5 Å². The van der Waals surface area contributed by atoms with Gasteiger partial charge in [-0.25, -0.2) is 0 Å². The number of aliphatic hydroxyl groups is 4. The molecular weight excluding hydrogens is 176 g/mol. The second-order valence-corrected chi connectivity index (χ2v) is 9.37. The first kappa shape index (κ1) is 12.1. The summed E-state index contributed by atoms with van der Waals surface area (Å²) in [6.07, 6.45) is -2.48. The van der Waals surface area contributed by atoms with Gasteiger partial charge in [-0.2, -0.15) is 0 Å². The van der Waals surface area contributed by atoms with E-state index in [-0.39, 0.29) is 0 Å². The Morgan fingerprint density at radius 2 is 1.50 bits per heavy atom. The van der Waals surface area contributed by atoms with Crippen LogP contribution < -0.4 is 0 Å². The molecule has 0 aromatic carbocycles. The van der Waals surface area contributed by atoms with Crippen molar-refractivity contribution in [3.63, 3.8) is 0 Å². The fraction of sp³-hybridized carbons (Fsp3) is 1.00. The quantitative estimate of drug-likeness (QED) is 0.430. The SMILES string of the molecule is C[Si](C)(C)C(O)[C@H](O)[C@H](O)CO. The van der Waals surface area contributed by atoms with E-state index >= 15 is 0 Å². The Morgan fingerprint density at radius 1 is 1.08 bits per heavy atom. The molecule has 0 saturated heterocycles. The van der Waals surface area contributed by atoms with Crippen molar-refractivity contribution in [3.8, 4) is 0 Å². The highest BCUT2D eigenvalue weighted by molar-refractivity contribution is 6.77. The molecule has 1 unspecified atom stereocenters. The third-order valence-electron chi connectivity index (χ3n) is 1.79. The molecule has 0 fully saturated rings. The first-order chi connectivity index (χ1) is 5.30. The maximum Gasteiger partial charge on any atom is 0.105 e. The van der Waals surface area contributed by atoms with Gasteiger partial charge in [0.05, 0.1) is 20.4 Å². The van der Waals surface area contributed by atoms with Crippen LogP contribution in [0.4, 0.5) is 0 Å². The van der Waals surface area contributed by atoms with Crippen LogP contribution in [0.25, 0.3) is 0 Å². The van der Waals surface area contributed by atoms with E-state index in [2.05, 4.69) is 0 Å². The molecule has 0 aromatic heterocycles. The largest absolute Gasteiger partial charge is 0.394 e. The molecule has 0 aliphatic rings. The fourth-order valence-corrected chi connectivity index (χ4v) is 2.08. The van der Waals surface area contributed by atoms with Crippen molar-refractivity contribution in [2.45, 2.75) is 37.6 Å². The van der Waals surface area contributed by atoms with Gasteiger partial charge in [0.15, 0.2) is 0 Å². The van der Waals surface area contributed by atoms with E-state index in [9.17, 15) is 10.2 Å². The normalized spacial score (nSPS) is 20.2. The average molecular weight is 194 g/mol. The molecule has 0 rings (SSSR count). The molecule has 12 heavy (non-hydrogen) atoms. The zero-order valence-electron chi connectivity index (χ0n) is 7.73. The van der Waals surface area contributed by atoms with Gasteiger partial charge < -0.3 is 20.4 Å². The van der Waals surface area contributed by atoms with E-state index in [0.717, 1.165) is 0 Å². The summed E-state index contributed by atoms with van der Waals surface area (Å²) in [5.41, 5.74) is -0.903. The molecule has 0 aliphatic heterocycles. The Bertz CT molecular complexity index is 134. The van der Waals surface area contributed by atoms with E-state index in [1.165, 1.54) is 0 Å². The van der Waals surface area contributed by atoms with E-state index in [1.807, 2.05) is 19.6 Å². The number of hydrogen-bond acceptors (Lipinski definition) is 4. The highest BCUT2D eigenvalue weighted by Crippen LogP contribution is 2.13. The summed E-state index contributed by atoms with van der Waals surface area (Å²) in [7, 11) is -1.87. The van der Waals surface area contributed by atoms with Crippen molar-refractivity contribution in [1.29, 1.82) is 0 Å².